The van der Waals surface area contributed by atoms with E-state index in [0.29, 0.717) is 23.8 Å². The van der Waals surface area contributed by atoms with Crippen LogP contribution < -0.4 is 15.8 Å². The van der Waals surface area contributed by atoms with Gasteiger partial charge >= 0.3 is 0 Å². The molecule has 1 aliphatic heterocycles. The number of carbonyl (C=O) groups is 2. The molecule has 1 aromatic carbocycles. The third-order valence-electron chi connectivity index (χ3n) is 4.68. The standard InChI is InChI=1S/C21H28N4O3S2/c1-14-18(30-20(22-14)25-9-11-28-12-10-25)19(27)24-23-17(26)13-29-16-7-5-15(6-8-16)21(2,3)4/h5-8H,9-13H2,1-4H3,(H,23,26)(H,24,27). The number of morpholine rings is 1. The van der Waals surface area contributed by atoms with E-state index >= 15 is 0 Å². The summed E-state index contributed by atoms with van der Waals surface area (Å²) in [6.45, 7) is 11.1. The fraction of sp³-hybridized carbons (Fsp3) is 0.476. The number of hydrogen-bond acceptors (Lipinski definition) is 7. The summed E-state index contributed by atoms with van der Waals surface area (Å²) in [5.74, 6) is -0.392. The van der Waals surface area contributed by atoms with Crippen molar-refractivity contribution in [3.05, 3.63) is 40.4 Å². The molecule has 1 fully saturated rings. The lowest BCUT2D eigenvalue weighted by Crippen LogP contribution is -2.42. The average molecular weight is 449 g/mol. The number of thiazole rings is 1. The van der Waals surface area contributed by atoms with E-state index in [2.05, 4.69) is 53.6 Å². The van der Waals surface area contributed by atoms with Crippen LogP contribution in [0.3, 0.4) is 0 Å². The van der Waals surface area contributed by atoms with Gasteiger partial charge in [0.25, 0.3) is 5.91 Å². The number of rotatable bonds is 5. The highest BCUT2D eigenvalue weighted by Crippen LogP contribution is 2.27. The van der Waals surface area contributed by atoms with Crippen LogP contribution in [0.1, 0.15) is 41.7 Å². The van der Waals surface area contributed by atoms with Gasteiger partial charge in [-0.05, 0) is 30.0 Å². The molecule has 0 aliphatic carbocycles. The van der Waals surface area contributed by atoms with Crippen molar-refractivity contribution in [2.24, 2.45) is 0 Å². The van der Waals surface area contributed by atoms with Gasteiger partial charge in [-0.1, -0.05) is 44.2 Å². The van der Waals surface area contributed by atoms with Crippen LogP contribution in [0.4, 0.5) is 5.13 Å². The van der Waals surface area contributed by atoms with Crippen molar-refractivity contribution >= 4 is 40.0 Å². The van der Waals surface area contributed by atoms with Crippen molar-refractivity contribution in [2.45, 2.75) is 38.0 Å². The zero-order valence-corrected chi connectivity index (χ0v) is 19.4. The summed E-state index contributed by atoms with van der Waals surface area (Å²) in [6.07, 6.45) is 0. The average Bonchev–Trinajstić information content (AvgIpc) is 3.12. The van der Waals surface area contributed by atoms with Crippen molar-refractivity contribution in [2.75, 3.05) is 37.0 Å². The van der Waals surface area contributed by atoms with E-state index in [9.17, 15) is 9.59 Å². The number of carbonyl (C=O) groups excluding carboxylic acids is 2. The number of ether oxygens (including phenoxy) is 1. The zero-order valence-electron chi connectivity index (χ0n) is 17.8. The number of hydrogen-bond donors (Lipinski definition) is 2. The molecule has 1 saturated heterocycles. The smallest absolute Gasteiger partial charge is 0.281 e. The largest absolute Gasteiger partial charge is 0.378 e. The lowest BCUT2D eigenvalue weighted by Gasteiger charge is -2.25. The minimum atomic E-state index is -0.350. The Kier molecular flexibility index (Phi) is 7.38. The first-order valence-electron chi connectivity index (χ1n) is 9.86. The van der Waals surface area contributed by atoms with Gasteiger partial charge in [0.15, 0.2) is 5.13 Å². The van der Waals surface area contributed by atoms with E-state index in [1.165, 1.54) is 28.7 Å². The maximum atomic E-state index is 12.5. The monoisotopic (exact) mass is 448 g/mol. The summed E-state index contributed by atoms with van der Waals surface area (Å²) in [6, 6.07) is 8.21. The predicted octanol–water partition coefficient (Wildman–Crippen LogP) is 3.14. The summed E-state index contributed by atoms with van der Waals surface area (Å²) in [4.78, 5) is 32.7. The summed E-state index contributed by atoms with van der Waals surface area (Å²) in [5, 5.41) is 0.807. The van der Waals surface area contributed by atoms with Crippen molar-refractivity contribution < 1.29 is 14.3 Å². The van der Waals surface area contributed by atoms with Crippen LogP contribution in [-0.2, 0) is 14.9 Å². The molecule has 0 unspecified atom stereocenters. The van der Waals surface area contributed by atoms with Crippen molar-refractivity contribution in [3.63, 3.8) is 0 Å². The maximum Gasteiger partial charge on any atom is 0.281 e. The van der Waals surface area contributed by atoms with E-state index in [-0.39, 0.29) is 23.0 Å². The van der Waals surface area contributed by atoms with E-state index in [1.54, 1.807) is 6.92 Å². The second-order valence-electron chi connectivity index (χ2n) is 8.08. The Labute approximate surface area is 185 Å². The highest BCUT2D eigenvalue weighted by molar-refractivity contribution is 8.00. The van der Waals surface area contributed by atoms with Gasteiger partial charge in [0, 0.05) is 18.0 Å². The first kappa shape index (κ1) is 22.6. The third-order valence-corrected chi connectivity index (χ3v) is 6.91. The third kappa shape index (κ3) is 5.96. The Morgan fingerprint density at radius 1 is 1.17 bits per heavy atom. The number of thioether (sulfide) groups is 1. The molecule has 0 saturated carbocycles. The summed E-state index contributed by atoms with van der Waals surface area (Å²) in [7, 11) is 0. The molecule has 0 atom stereocenters. The molecule has 1 aliphatic rings. The Morgan fingerprint density at radius 3 is 2.47 bits per heavy atom. The van der Waals surface area contributed by atoms with Gasteiger partial charge in [-0.25, -0.2) is 4.98 Å². The Bertz CT molecular complexity index is 885. The van der Waals surface area contributed by atoms with Gasteiger partial charge in [0.05, 0.1) is 24.7 Å². The second-order valence-corrected chi connectivity index (χ2v) is 10.1. The van der Waals surface area contributed by atoms with Crippen LogP contribution in [0, 0.1) is 6.92 Å². The number of hydrazine groups is 1. The quantitative estimate of drug-likeness (QED) is 0.540. The number of aryl methyl sites for hydroxylation is 1. The molecule has 9 heteroatoms. The highest BCUT2D eigenvalue weighted by atomic mass is 32.2. The number of anilines is 1. The van der Waals surface area contributed by atoms with Crippen molar-refractivity contribution in [3.8, 4) is 0 Å². The number of amides is 2. The van der Waals surface area contributed by atoms with Crippen LogP contribution in [0.5, 0.6) is 0 Å². The first-order chi connectivity index (χ1) is 14.2. The summed E-state index contributed by atoms with van der Waals surface area (Å²) >= 11 is 2.76. The SMILES string of the molecule is Cc1nc(N2CCOCC2)sc1C(=O)NNC(=O)CSc1ccc(C(C)(C)C)cc1. The molecule has 0 radical (unpaired) electrons. The topological polar surface area (TPSA) is 83.6 Å². The van der Waals surface area contributed by atoms with E-state index < -0.39 is 0 Å². The fourth-order valence-electron chi connectivity index (χ4n) is 2.90. The van der Waals surface area contributed by atoms with Gasteiger partial charge in [0.2, 0.25) is 5.91 Å². The molecule has 7 nitrogen and oxygen atoms in total. The number of nitrogens with zero attached hydrogens (tertiary/aromatic N) is 2. The molecular formula is C21H28N4O3S2. The Balaban J connectivity index is 1.47. The number of benzene rings is 1. The van der Waals surface area contributed by atoms with E-state index in [0.717, 1.165) is 23.1 Å². The lowest BCUT2D eigenvalue weighted by atomic mass is 9.87. The van der Waals surface area contributed by atoms with Crippen LogP contribution in [0.15, 0.2) is 29.2 Å². The van der Waals surface area contributed by atoms with Gasteiger partial charge in [0.1, 0.15) is 4.88 Å². The minimum Gasteiger partial charge on any atom is -0.378 e. The van der Waals surface area contributed by atoms with Crippen LogP contribution in [0.25, 0.3) is 0 Å². The molecule has 0 bridgehead atoms. The normalized spacial score (nSPS) is 14.5. The van der Waals surface area contributed by atoms with Gasteiger partial charge in [-0.2, -0.15) is 0 Å². The second kappa shape index (κ2) is 9.80. The summed E-state index contributed by atoms with van der Waals surface area (Å²) < 4.78 is 5.35. The molecule has 2 aromatic rings. The van der Waals surface area contributed by atoms with Crippen LogP contribution >= 0.6 is 23.1 Å². The zero-order chi connectivity index (χ0) is 21.7. The van der Waals surface area contributed by atoms with Crippen LogP contribution in [-0.4, -0.2) is 48.9 Å². The molecule has 0 spiro atoms. The maximum absolute atomic E-state index is 12.5. The van der Waals surface area contributed by atoms with Gasteiger partial charge < -0.3 is 9.64 Å². The van der Waals surface area contributed by atoms with Crippen LogP contribution in [0.2, 0.25) is 0 Å². The van der Waals surface area contributed by atoms with Crippen molar-refractivity contribution in [1.29, 1.82) is 0 Å². The van der Waals surface area contributed by atoms with E-state index in [4.69, 9.17) is 4.74 Å². The minimum absolute atomic E-state index is 0.0985. The lowest BCUT2D eigenvalue weighted by molar-refractivity contribution is -0.119. The summed E-state index contributed by atoms with van der Waals surface area (Å²) in [5.41, 5.74) is 6.99. The first-order valence-corrected chi connectivity index (χ1v) is 11.7. The Hall–Kier alpha value is -2.10. The van der Waals surface area contributed by atoms with Gasteiger partial charge in [-0.15, -0.1) is 11.8 Å². The molecule has 162 valence electrons. The van der Waals surface area contributed by atoms with E-state index in [1.807, 2.05) is 12.1 Å². The Morgan fingerprint density at radius 2 is 1.83 bits per heavy atom. The molecule has 2 amide bonds. The molecule has 2 heterocycles. The molecule has 30 heavy (non-hydrogen) atoms. The number of aromatic nitrogens is 1. The highest BCUT2D eigenvalue weighted by Gasteiger charge is 2.21. The predicted molar refractivity (Wildman–Crippen MR) is 121 cm³/mol. The molecule has 2 N–H and O–H groups in total. The molecule has 3 rings (SSSR count). The fourth-order valence-corrected chi connectivity index (χ4v) is 4.61. The molecular weight excluding hydrogens is 420 g/mol. The van der Waals surface area contributed by atoms with Crippen molar-refractivity contribution in [1.82, 2.24) is 15.8 Å². The molecule has 1 aromatic heterocycles. The van der Waals surface area contributed by atoms with Gasteiger partial charge in [-0.3, -0.25) is 20.4 Å². The number of nitrogens with one attached hydrogen (secondary N) is 2.